The molecule has 0 bridgehead atoms. The van der Waals surface area contributed by atoms with E-state index in [1.807, 2.05) is 12.2 Å². The van der Waals surface area contributed by atoms with Crippen LogP contribution in [0.4, 0.5) is 0 Å². The van der Waals surface area contributed by atoms with Crippen LogP contribution in [0.25, 0.3) is 0 Å². The summed E-state index contributed by atoms with van der Waals surface area (Å²) in [5.41, 5.74) is -3.58. The van der Waals surface area contributed by atoms with Gasteiger partial charge in [-0.05, 0) is 24.7 Å². The number of carbonyl (C=O) groups excluding carboxylic acids is 5. The van der Waals surface area contributed by atoms with Gasteiger partial charge in [-0.2, -0.15) is 11.8 Å². The Labute approximate surface area is 281 Å². The molecular weight excluding hydrogens is 646 g/mol. The smallest absolute Gasteiger partial charge is 0.328 e. The van der Waals surface area contributed by atoms with E-state index in [9.17, 15) is 39.0 Å². The molecule has 0 radical (unpaired) electrons. The SMILES string of the molecule is CC(=O)N[C@H](CSC[C@H]1OC(=O)[C@@]2(C1=O)C(=O)[C@@]1(C)[C@@H](C=C[C@H]3[C@H](O)[C@@H](C)[C@H](OC(C)=O)C[C@@H]31)C[C@H]2\C=C/C=C\C=C\C(=O)O)C(=O)O. The van der Waals surface area contributed by atoms with Crippen LogP contribution in [-0.2, 0) is 43.0 Å². The molecule has 3 fully saturated rings. The summed E-state index contributed by atoms with van der Waals surface area (Å²) in [6.07, 6.45) is 9.35. The van der Waals surface area contributed by atoms with Crippen molar-refractivity contribution in [3.63, 3.8) is 0 Å². The number of aliphatic hydroxyl groups is 1. The molecule has 3 aliphatic carbocycles. The number of fused-ring (bicyclic) bond motifs is 3. The lowest BCUT2D eigenvalue weighted by atomic mass is 9.43. The highest BCUT2D eigenvalue weighted by Gasteiger charge is 2.74. The quantitative estimate of drug-likeness (QED) is 0.0805. The lowest BCUT2D eigenvalue weighted by Gasteiger charge is -2.58. The molecule has 2 saturated carbocycles. The number of cyclic esters (lactones) is 1. The maximum atomic E-state index is 15.1. The molecular formula is C34H41NO12S. The van der Waals surface area contributed by atoms with E-state index in [1.165, 1.54) is 38.2 Å². The van der Waals surface area contributed by atoms with Crippen molar-refractivity contribution in [3.05, 3.63) is 48.6 Å². The van der Waals surface area contributed by atoms with Crippen LogP contribution in [0.2, 0.25) is 0 Å². The fourth-order valence-corrected chi connectivity index (χ4v) is 8.84. The molecule has 0 aromatic carbocycles. The highest BCUT2D eigenvalue weighted by atomic mass is 32.2. The van der Waals surface area contributed by atoms with Crippen LogP contribution < -0.4 is 5.32 Å². The Bertz CT molecular complexity index is 1480. The lowest BCUT2D eigenvalue weighted by Crippen LogP contribution is -2.66. The molecule has 11 atom stereocenters. The van der Waals surface area contributed by atoms with Gasteiger partial charge in [-0.25, -0.2) is 9.59 Å². The number of allylic oxidation sites excluding steroid dienone is 6. The number of hydrogen-bond acceptors (Lipinski definition) is 11. The second-order valence-electron chi connectivity index (χ2n) is 13.0. The number of ketones is 2. The number of carboxylic acids is 2. The van der Waals surface area contributed by atoms with Gasteiger partial charge >= 0.3 is 23.9 Å². The van der Waals surface area contributed by atoms with E-state index in [0.29, 0.717) is 0 Å². The first-order valence-electron chi connectivity index (χ1n) is 15.7. The number of rotatable bonds is 11. The number of carboxylic acid groups (broad SMARTS) is 2. The van der Waals surface area contributed by atoms with Crippen molar-refractivity contribution in [2.75, 3.05) is 11.5 Å². The maximum absolute atomic E-state index is 15.1. The van der Waals surface area contributed by atoms with Crippen molar-refractivity contribution in [1.82, 2.24) is 5.32 Å². The summed E-state index contributed by atoms with van der Waals surface area (Å²) in [6.45, 7) is 5.90. The normalized spacial score (nSPS) is 36.6. The van der Waals surface area contributed by atoms with E-state index >= 15 is 4.79 Å². The third-order valence-corrected chi connectivity index (χ3v) is 11.3. The van der Waals surface area contributed by atoms with Crippen molar-refractivity contribution in [2.45, 2.75) is 64.9 Å². The zero-order chi connectivity index (χ0) is 35.6. The van der Waals surface area contributed by atoms with Crippen molar-refractivity contribution < 1.29 is 58.4 Å². The molecule has 4 N–H and O–H groups in total. The number of nitrogens with one attached hydrogen (secondary N) is 1. The van der Waals surface area contributed by atoms with Crippen molar-refractivity contribution in [3.8, 4) is 0 Å². The molecule has 0 aromatic heterocycles. The summed E-state index contributed by atoms with van der Waals surface area (Å²) in [6, 6.07) is -1.25. The van der Waals surface area contributed by atoms with Crippen LogP contribution in [0.3, 0.4) is 0 Å². The molecule has 13 nitrogen and oxygen atoms in total. The average Bonchev–Trinajstić information content (AvgIpc) is 3.25. The van der Waals surface area contributed by atoms with Crippen LogP contribution >= 0.6 is 11.8 Å². The Kier molecular flexibility index (Phi) is 11.2. The Hall–Kier alpha value is -4.04. The number of aliphatic hydroxyl groups excluding tert-OH is 1. The second kappa shape index (κ2) is 14.6. The van der Waals surface area contributed by atoms with Gasteiger partial charge in [0.2, 0.25) is 5.91 Å². The third-order valence-electron chi connectivity index (χ3n) is 10.2. The monoisotopic (exact) mass is 687 g/mol. The molecule has 1 saturated heterocycles. The van der Waals surface area contributed by atoms with Gasteiger partial charge in [0.25, 0.3) is 0 Å². The minimum absolute atomic E-state index is 0.128. The Morgan fingerprint density at radius 2 is 1.77 bits per heavy atom. The van der Waals surface area contributed by atoms with E-state index in [4.69, 9.17) is 14.6 Å². The van der Waals surface area contributed by atoms with Crippen molar-refractivity contribution in [1.29, 1.82) is 0 Å². The van der Waals surface area contributed by atoms with Crippen LogP contribution in [0.5, 0.6) is 0 Å². The first-order valence-corrected chi connectivity index (χ1v) is 16.9. The zero-order valence-corrected chi connectivity index (χ0v) is 27.9. The van der Waals surface area contributed by atoms with Gasteiger partial charge in [-0.3, -0.25) is 24.0 Å². The standard InChI is InChI=1S/C34H41NO12S/c1-17-25(46-19(3)37)14-23-22(28(17)40)12-11-20-13-21(9-7-5-6-8-10-27(38)39)34(31(44)33(20,23)4)29(41)26(47-32(34)45)16-48-15-24(30(42)43)35-18(2)36/h5-12,17,20-26,28,40H,13-16H2,1-4H3,(H,35,36)(H,38,39)(H,42,43)/b6-5-,9-7-,10-8+/t17-,20-,21+,22+,23-,24+,25+,26+,28+,33-,34-/m0/s1. The number of carbonyl (C=O) groups is 7. The van der Waals surface area contributed by atoms with Gasteiger partial charge in [0.1, 0.15) is 12.1 Å². The summed E-state index contributed by atoms with van der Waals surface area (Å²) in [5, 5.41) is 31.9. The molecule has 4 aliphatic rings. The highest BCUT2D eigenvalue weighted by molar-refractivity contribution is 7.99. The van der Waals surface area contributed by atoms with Gasteiger partial charge in [0.05, 0.1) is 6.10 Å². The molecule has 0 aromatic rings. The number of aliphatic carboxylic acids is 2. The fourth-order valence-electron chi connectivity index (χ4n) is 7.81. The number of ether oxygens (including phenoxy) is 2. The minimum atomic E-state index is -2.25. The topological polar surface area (TPSA) is 211 Å². The predicted molar refractivity (Wildman–Crippen MR) is 171 cm³/mol. The van der Waals surface area contributed by atoms with E-state index in [2.05, 4.69) is 5.32 Å². The van der Waals surface area contributed by atoms with E-state index in [-0.39, 0.29) is 24.3 Å². The lowest BCUT2D eigenvalue weighted by molar-refractivity contribution is -0.180. The summed E-state index contributed by atoms with van der Waals surface area (Å²) in [4.78, 5) is 89.2. The highest BCUT2D eigenvalue weighted by Crippen LogP contribution is 2.62. The van der Waals surface area contributed by atoms with E-state index < -0.39 is 106 Å². The first-order chi connectivity index (χ1) is 22.6. The Morgan fingerprint density at radius 1 is 1.08 bits per heavy atom. The molecule has 0 unspecified atom stereocenters. The van der Waals surface area contributed by atoms with E-state index in [0.717, 1.165) is 17.8 Å². The molecule has 4 rings (SSSR count). The molecule has 260 valence electrons. The van der Waals surface area contributed by atoms with Crippen LogP contribution in [-0.4, -0.2) is 92.5 Å². The molecule has 48 heavy (non-hydrogen) atoms. The fraction of sp³-hybridized carbons (Fsp3) is 0.559. The zero-order valence-electron chi connectivity index (χ0n) is 27.1. The molecule has 1 spiro atoms. The van der Waals surface area contributed by atoms with Crippen LogP contribution in [0.1, 0.15) is 40.5 Å². The molecule has 1 heterocycles. The second-order valence-corrected chi connectivity index (χ2v) is 14.1. The number of thioether (sulfide) groups is 1. The van der Waals surface area contributed by atoms with Gasteiger partial charge < -0.3 is 30.1 Å². The summed E-state index contributed by atoms with van der Waals surface area (Å²) in [5.74, 6) is -9.15. The number of esters is 2. The minimum Gasteiger partial charge on any atom is -0.480 e. The number of amides is 1. The number of Topliss-reactive ketones (excluding diaryl/α,β-unsaturated/α-hetero) is 2. The Balaban J connectivity index is 1.72. The van der Waals surface area contributed by atoms with E-state index in [1.54, 1.807) is 19.9 Å². The maximum Gasteiger partial charge on any atom is 0.328 e. The molecule has 14 heteroatoms. The van der Waals surface area contributed by atoms with Gasteiger partial charge in [-0.1, -0.05) is 56.4 Å². The molecule has 1 amide bonds. The summed E-state index contributed by atoms with van der Waals surface area (Å²) < 4.78 is 11.2. The summed E-state index contributed by atoms with van der Waals surface area (Å²) in [7, 11) is 0. The van der Waals surface area contributed by atoms with Gasteiger partial charge in [0, 0.05) is 54.6 Å². The molecule has 1 aliphatic heterocycles. The predicted octanol–water partition coefficient (Wildman–Crippen LogP) is 1.89. The van der Waals surface area contributed by atoms with Gasteiger partial charge in [-0.15, -0.1) is 0 Å². The number of hydrogen-bond donors (Lipinski definition) is 4. The van der Waals surface area contributed by atoms with Crippen molar-refractivity contribution in [2.24, 2.45) is 40.4 Å². The third kappa shape index (κ3) is 6.77. The average molecular weight is 688 g/mol. The Morgan fingerprint density at radius 3 is 2.40 bits per heavy atom. The van der Waals surface area contributed by atoms with Crippen LogP contribution in [0.15, 0.2) is 48.6 Å². The van der Waals surface area contributed by atoms with Crippen LogP contribution in [0, 0.1) is 40.4 Å². The van der Waals surface area contributed by atoms with Gasteiger partial charge in [0.15, 0.2) is 23.1 Å². The first kappa shape index (κ1) is 36.8. The summed E-state index contributed by atoms with van der Waals surface area (Å²) >= 11 is 0.978. The largest absolute Gasteiger partial charge is 0.480 e. The van der Waals surface area contributed by atoms with Crippen molar-refractivity contribution >= 4 is 53.1 Å².